The number of rotatable bonds is 63. The van der Waals surface area contributed by atoms with Gasteiger partial charge in [0.1, 0.15) is 96.4 Å². The molecular formula is C88H146N26O24. The third-order valence-electron chi connectivity index (χ3n) is 21.1. The van der Waals surface area contributed by atoms with Crippen molar-refractivity contribution >= 4 is 130 Å². The van der Waals surface area contributed by atoms with Crippen LogP contribution in [0.25, 0.3) is 0 Å². The molecule has 772 valence electrons. The molecule has 50 nitrogen and oxygen atoms in total. The Hall–Kier alpha value is -13.7. The van der Waals surface area contributed by atoms with Crippen molar-refractivity contribution in [1.29, 1.82) is 0 Å². The number of carbonyl (C=O) groups excluding carboxylic acids is 20. The highest BCUT2D eigenvalue weighted by Gasteiger charge is 2.40. The number of phenolic OH excluding ortho intramolecular Hbond substituents is 1. The maximum atomic E-state index is 14.5. The van der Waals surface area contributed by atoms with E-state index in [-0.39, 0.29) is 105 Å². The molecule has 20 amide bonds. The number of aliphatic hydroxyl groups excluding tert-OH is 1. The summed E-state index contributed by atoms with van der Waals surface area (Å²) in [5, 5.41) is 74.6. The number of nitrogens with zero attached hydrogens (tertiary/aromatic N) is 2. The molecule has 0 fully saturated rings. The van der Waals surface area contributed by atoms with Crippen molar-refractivity contribution in [2.24, 2.45) is 69.2 Å². The van der Waals surface area contributed by atoms with Crippen LogP contribution in [0.5, 0.6) is 5.75 Å². The van der Waals surface area contributed by atoms with Gasteiger partial charge < -0.3 is 145 Å². The van der Waals surface area contributed by atoms with Gasteiger partial charge in [0.15, 0.2) is 5.96 Å². The minimum Gasteiger partial charge on any atom is -0.508 e. The number of H-pyrrole nitrogens is 1. The zero-order valence-corrected chi connectivity index (χ0v) is 81.5. The van der Waals surface area contributed by atoms with Gasteiger partial charge in [-0.3, -0.25) is 106 Å². The van der Waals surface area contributed by atoms with Gasteiger partial charge in [-0.15, -0.1) is 0 Å². The molecule has 0 aliphatic carbocycles. The Morgan fingerprint density at radius 2 is 0.754 bits per heavy atom. The minimum atomic E-state index is -1.82. The van der Waals surface area contributed by atoms with Gasteiger partial charge in [-0.1, -0.05) is 102 Å². The second-order valence-corrected chi connectivity index (χ2v) is 36.2. The Morgan fingerprint density at radius 1 is 0.391 bits per heavy atom. The highest BCUT2D eigenvalue weighted by atomic mass is 16.4. The number of primary amides is 2. The van der Waals surface area contributed by atoms with Gasteiger partial charge in [0, 0.05) is 32.0 Å². The molecule has 18 atom stereocenters. The third kappa shape index (κ3) is 46.7. The number of phenols is 1. The number of benzene rings is 1. The van der Waals surface area contributed by atoms with Crippen LogP contribution in [-0.4, -0.2) is 284 Å². The summed E-state index contributed by atoms with van der Waals surface area (Å²) in [6, 6.07) is -17.2. The lowest BCUT2D eigenvalue weighted by atomic mass is 9.96. The zero-order chi connectivity index (χ0) is 105. The number of nitrogens with two attached hydrogens (primary N) is 5. The van der Waals surface area contributed by atoms with Crippen molar-refractivity contribution in [3.05, 3.63) is 48.0 Å². The first-order valence-electron chi connectivity index (χ1n) is 45.8. The van der Waals surface area contributed by atoms with Crippen LogP contribution in [0.1, 0.15) is 200 Å². The van der Waals surface area contributed by atoms with Crippen LogP contribution in [0.15, 0.2) is 41.8 Å². The highest BCUT2D eigenvalue weighted by molar-refractivity contribution is 6.02. The summed E-state index contributed by atoms with van der Waals surface area (Å²) >= 11 is 0. The summed E-state index contributed by atoms with van der Waals surface area (Å²) < 4.78 is 0. The van der Waals surface area contributed by atoms with Crippen LogP contribution >= 0.6 is 0 Å². The van der Waals surface area contributed by atoms with Crippen molar-refractivity contribution in [3.63, 3.8) is 0 Å². The lowest BCUT2D eigenvalue weighted by Gasteiger charge is -2.29. The number of amides is 20. The molecule has 0 saturated heterocycles. The lowest BCUT2D eigenvalue weighted by molar-refractivity contribution is -0.139. The Morgan fingerprint density at radius 3 is 1.19 bits per heavy atom. The summed E-state index contributed by atoms with van der Waals surface area (Å²) in [6.45, 7) is 24.8. The number of aromatic nitrogens is 2. The number of imidazole rings is 1. The van der Waals surface area contributed by atoms with E-state index >= 15 is 0 Å². The van der Waals surface area contributed by atoms with E-state index in [0.717, 1.165) is 0 Å². The van der Waals surface area contributed by atoms with Gasteiger partial charge in [-0.2, -0.15) is 0 Å². The second kappa shape index (κ2) is 60.7. The van der Waals surface area contributed by atoms with Crippen molar-refractivity contribution in [1.82, 2.24) is 106 Å². The fraction of sp³-hybridized carbons (Fsp3) is 0.648. The van der Waals surface area contributed by atoms with Crippen molar-refractivity contribution in [2.45, 2.75) is 304 Å². The Labute approximate surface area is 801 Å². The van der Waals surface area contributed by atoms with Crippen molar-refractivity contribution in [3.8, 4) is 5.75 Å². The van der Waals surface area contributed by atoms with E-state index in [1.807, 2.05) is 0 Å². The molecular weight excluding hydrogens is 1810 g/mol. The summed E-state index contributed by atoms with van der Waals surface area (Å²) in [5.74, 6) is -22.1. The van der Waals surface area contributed by atoms with E-state index in [2.05, 4.69) is 111 Å². The molecule has 1 aromatic carbocycles. The fourth-order valence-electron chi connectivity index (χ4n) is 13.5. The first-order valence-corrected chi connectivity index (χ1v) is 45.8. The zero-order valence-electron chi connectivity index (χ0n) is 81.5. The standard InChI is InChI=1S/C88H146N26O24/c1-18-46(12)70(86(137)112-61(32-45(10)11)85(136)114-71(51(17)115)87(138)106-57(72(91)123)28-41(2)3)113-68(120)39-98-74(125)48(14)101-76(127)50(16)103-80(131)63(34-53-36-94-40-99-53)111-84(135)64(35-65(90)117)104-67(119)38-97-73(124)47(13)100-66(118)37-96-75(126)49(15)102-79(130)58(29-42(4)5)109-82(133)60(31-44(8)9)108-78(129)56(25-26-69(121)122)105-83(134)62(33-52-21-23-54(116)24-22-52)110-81(132)59(30-43(6)7)107-77(128)55(89)20-19-27-95-88(92)93/h21-24,36,40-51,55-64,70-71,115-116H,18-20,25-35,37-39,89H2,1-17H3,(H2,90,117)(H2,91,123)(H,94,99)(H,96,126)(H,97,124)(H,98,125)(H,100,118)(H,101,127)(H,102,130)(H,103,131)(H,104,119)(H,105,134)(H,106,138)(H,107,128)(H,108,129)(H,109,133)(H,110,132)(H,111,135)(H,112,137)(H,113,120)(H,114,136)(H,121,122)(H4,92,93,95)/t46-,47-,48-,49-,50-,51+,55-,56-,57-,58-,59-,60-,61-,62-,63-,64-,70-,71-/m0/s1. The molecule has 32 N–H and O–H groups in total. The molecule has 0 saturated carbocycles. The summed E-state index contributed by atoms with van der Waals surface area (Å²) in [5.41, 5.74) is 28.5. The van der Waals surface area contributed by atoms with Gasteiger partial charge in [-0.25, -0.2) is 4.98 Å². The molecule has 0 aliphatic heterocycles. The van der Waals surface area contributed by atoms with Gasteiger partial charge in [0.25, 0.3) is 0 Å². The van der Waals surface area contributed by atoms with E-state index < -0.39 is 272 Å². The van der Waals surface area contributed by atoms with E-state index in [4.69, 9.17) is 28.7 Å². The monoisotopic (exact) mass is 1950 g/mol. The molecule has 2 rings (SSSR count). The molecule has 50 heteroatoms. The molecule has 1 aromatic heterocycles. The number of hydrogen-bond acceptors (Lipinski definition) is 26. The van der Waals surface area contributed by atoms with Gasteiger partial charge in [-0.05, 0) is 139 Å². The van der Waals surface area contributed by atoms with Gasteiger partial charge in [0.05, 0.1) is 50.2 Å². The largest absolute Gasteiger partial charge is 0.508 e. The smallest absolute Gasteiger partial charge is 0.303 e. The van der Waals surface area contributed by atoms with Crippen LogP contribution in [0.4, 0.5) is 0 Å². The number of aromatic amines is 1. The average Bonchev–Trinajstić information content (AvgIpc) is 0.983. The topological polar surface area (TPSA) is 807 Å². The van der Waals surface area contributed by atoms with Gasteiger partial charge >= 0.3 is 5.97 Å². The highest BCUT2D eigenvalue weighted by Crippen LogP contribution is 2.18. The number of aliphatic carboxylic acids is 1. The van der Waals surface area contributed by atoms with Crippen molar-refractivity contribution in [2.75, 3.05) is 26.2 Å². The Bertz CT molecular complexity index is 4490. The van der Waals surface area contributed by atoms with E-state index in [1.54, 1.807) is 83.1 Å². The lowest BCUT2D eigenvalue weighted by Crippen LogP contribution is -2.61. The molecule has 138 heavy (non-hydrogen) atoms. The summed E-state index contributed by atoms with van der Waals surface area (Å²) in [6.07, 6.45) is -0.646. The second-order valence-electron chi connectivity index (χ2n) is 36.2. The van der Waals surface area contributed by atoms with Crippen molar-refractivity contribution < 1.29 is 116 Å². The van der Waals surface area contributed by atoms with Crippen LogP contribution < -0.4 is 124 Å². The summed E-state index contributed by atoms with van der Waals surface area (Å²) in [4.78, 5) is 294. The molecule has 0 unspecified atom stereocenters. The molecule has 0 bridgehead atoms. The summed E-state index contributed by atoms with van der Waals surface area (Å²) in [7, 11) is 0. The predicted molar refractivity (Wildman–Crippen MR) is 501 cm³/mol. The first kappa shape index (κ1) is 120. The number of aliphatic hydroxyl groups is 1. The van der Waals surface area contributed by atoms with E-state index in [9.17, 15) is 116 Å². The first-order chi connectivity index (χ1) is 64.4. The number of hydrogen-bond donors (Lipinski definition) is 27. The maximum absolute atomic E-state index is 14.5. The molecule has 2 aromatic rings. The van der Waals surface area contributed by atoms with Crippen LogP contribution in [0.2, 0.25) is 0 Å². The average molecular weight is 1950 g/mol. The molecule has 0 radical (unpaired) electrons. The third-order valence-corrected chi connectivity index (χ3v) is 21.1. The number of guanidine groups is 1. The quantitative estimate of drug-likeness (QED) is 0.0166. The Kier molecular flexibility index (Phi) is 52.9. The molecule has 1 heterocycles. The number of nitrogens with one attached hydrogen (secondary N) is 19. The number of aliphatic imine (C=N–C) groups is 1. The van der Waals surface area contributed by atoms with Gasteiger partial charge in [0.2, 0.25) is 118 Å². The van der Waals surface area contributed by atoms with E-state index in [1.165, 1.54) is 71.4 Å². The van der Waals surface area contributed by atoms with E-state index in [0.29, 0.717) is 18.4 Å². The number of carboxylic acid groups (broad SMARTS) is 1. The normalized spacial score (nSPS) is 15.1. The molecule has 0 spiro atoms. The number of carboxylic acids is 1. The molecule has 0 aliphatic rings. The number of carbonyl (C=O) groups is 21. The van der Waals surface area contributed by atoms with Crippen LogP contribution in [-0.2, 0) is 114 Å². The van der Waals surface area contributed by atoms with Crippen LogP contribution in [0, 0.1) is 35.5 Å². The van der Waals surface area contributed by atoms with Crippen LogP contribution in [0.3, 0.4) is 0 Å². The Balaban J connectivity index is 2.16. The predicted octanol–water partition coefficient (Wildman–Crippen LogP) is -7.14. The SMILES string of the molecule is CC[C@H](C)[C@H](NC(=O)CNC(=O)[C@H](C)NC(=O)[C@H](C)NC(=O)[C@H](Cc1c[nH]cn1)NC(=O)[C@H](CC(N)=O)NC(=O)CNC(=O)[C@H](C)NC(=O)CNC(=O)[C@H](C)NC(=O)[C@H](CC(C)C)NC(=O)[C@H](CC(C)C)NC(=O)[C@H](CCC(=O)O)NC(=O)[C@H](Cc1ccc(O)cc1)NC(=O)[C@H](CC(C)C)NC(=O)[C@@H](N)CCCN=C(N)N)C(=O)N[C@@H](CC(C)C)C(=O)N[C@H](C(=O)N[C@@H](CC(C)C)C(N)=O)[C@@H](C)O. The number of aromatic hydroxyl groups is 1. The maximum Gasteiger partial charge on any atom is 0.303 e. The minimum absolute atomic E-state index is 0.0303. The fourth-order valence-corrected chi connectivity index (χ4v) is 13.5.